The smallest absolute Gasteiger partial charge is 0.175 e. The van der Waals surface area contributed by atoms with E-state index in [0.717, 1.165) is 42.6 Å². The van der Waals surface area contributed by atoms with E-state index in [1.54, 1.807) is 19.2 Å². The van der Waals surface area contributed by atoms with Crippen LogP contribution >= 0.6 is 0 Å². The molecule has 0 aliphatic heterocycles. The second-order valence-corrected chi connectivity index (χ2v) is 7.47. The molecule has 1 heterocycles. The van der Waals surface area contributed by atoms with Crippen LogP contribution in [0.4, 0.5) is 11.4 Å². The molecule has 162 valence electrons. The van der Waals surface area contributed by atoms with E-state index < -0.39 is 5.23 Å². The normalized spacial score (nSPS) is 12.4. The van der Waals surface area contributed by atoms with Gasteiger partial charge in [0.05, 0.1) is 29.2 Å². The Hall–Kier alpha value is -2.45. The molecule has 3 aromatic rings. The monoisotopic (exact) mass is 412 g/mol. The van der Waals surface area contributed by atoms with E-state index >= 15 is 0 Å². The number of nitrogens with one attached hydrogen (secondary N) is 3. The van der Waals surface area contributed by atoms with Crippen molar-refractivity contribution in [3.63, 3.8) is 0 Å². The van der Waals surface area contributed by atoms with Crippen molar-refractivity contribution < 1.29 is 15.2 Å². The highest BCUT2D eigenvalue weighted by atomic mass is 16.8. The van der Waals surface area contributed by atoms with Crippen molar-refractivity contribution in [1.82, 2.24) is 10.3 Å². The SMILES string of the molecule is CCCCCCNCCCNc1c2cc(OC)ccc2nc2cccc([NH+]([O-])O)c12. The highest BCUT2D eigenvalue weighted by molar-refractivity contribution is 6.11. The summed E-state index contributed by atoms with van der Waals surface area (Å²) in [6.07, 6.45) is 5.97. The van der Waals surface area contributed by atoms with Gasteiger partial charge in [-0.1, -0.05) is 32.3 Å². The van der Waals surface area contributed by atoms with Gasteiger partial charge in [0.2, 0.25) is 0 Å². The standard InChI is InChI=1S/C23H32N4O3/c1-3-4-5-6-13-24-14-8-15-25-23-18-16-17(30-2)11-12-19(18)26-20-9-7-10-21(22(20)23)27(28)29/h7,9-12,16,24,27-28H,3-6,8,13-15H2,1-2H3,(H,25,26). The minimum atomic E-state index is -0.957. The van der Waals surface area contributed by atoms with Gasteiger partial charge >= 0.3 is 0 Å². The Kier molecular flexibility index (Phi) is 8.21. The number of quaternary nitrogens is 1. The molecule has 4 N–H and O–H groups in total. The zero-order chi connectivity index (χ0) is 21.3. The molecule has 0 saturated carbocycles. The number of pyridine rings is 1. The van der Waals surface area contributed by atoms with Gasteiger partial charge in [0.25, 0.3) is 0 Å². The maximum Gasteiger partial charge on any atom is 0.175 e. The average Bonchev–Trinajstić information content (AvgIpc) is 2.76. The zero-order valence-electron chi connectivity index (χ0n) is 17.8. The molecule has 1 unspecified atom stereocenters. The van der Waals surface area contributed by atoms with Gasteiger partial charge in [0, 0.05) is 18.0 Å². The Balaban J connectivity index is 1.81. The molecule has 0 amide bonds. The Morgan fingerprint density at radius 1 is 1.03 bits per heavy atom. The highest BCUT2D eigenvalue weighted by Gasteiger charge is 2.16. The molecule has 1 aromatic heterocycles. The van der Waals surface area contributed by atoms with E-state index in [1.165, 1.54) is 25.7 Å². The summed E-state index contributed by atoms with van der Waals surface area (Å²) >= 11 is 0. The third-order valence-electron chi connectivity index (χ3n) is 5.28. The number of hydrogen-bond acceptors (Lipinski definition) is 6. The van der Waals surface area contributed by atoms with Crippen molar-refractivity contribution in [3.05, 3.63) is 41.6 Å². The first-order valence-electron chi connectivity index (χ1n) is 10.7. The van der Waals surface area contributed by atoms with Gasteiger partial charge in [-0.15, -0.1) is 0 Å². The zero-order valence-corrected chi connectivity index (χ0v) is 17.8. The van der Waals surface area contributed by atoms with Gasteiger partial charge in [0.1, 0.15) is 5.75 Å². The first-order chi connectivity index (χ1) is 14.7. The Morgan fingerprint density at radius 3 is 2.63 bits per heavy atom. The molecule has 0 aliphatic carbocycles. The number of unbranched alkanes of at least 4 members (excludes halogenated alkanes) is 3. The molecule has 0 radical (unpaired) electrons. The van der Waals surface area contributed by atoms with Crippen LogP contribution in [-0.4, -0.2) is 36.9 Å². The molecule has 0 fully saturated rings. The fourth-order valence-electron chi connectivity index (χ4n) is 3.69. The fraction of sp³-hybridized carbons (Fsp3) is 0.435. The van der Waals surface area contributed by atoms with Gasteiger partial charge in [-0.3, -0.25) is 0 Å². The third kappa shape index (κ3) is 5.37. The number of methoxy groups -OCH3 is 1. The highest BCUT2D eigenvalue weighted by Crippen LogP contribution is 2.35. The molecule has 30 heavy (non-hydrogen) atoms. The fourth-order valence-corrected chi connectivity index (χ4v) is 3.69. The molecule has 2 aromatic carbocycles. The van der Waals surface area contributed by atoms with Crippen LogP contribution in [0.2, 0.25) is 0 Å². The second kappa shape index (κ2) is 11.1. The van der Waals surface area contributed by atoms with E-state index in [1.807, 2.05) is 24.3 Å². The number of fused-ring (bicyclic) bond motifs is 2. The lowest BCUT2D eigenvalue weighted by Gasteiger charge is -2.19. The van der Waals surface area contributed by atoms with Crippen LogP contribution in [0.25, 0.3) is 21.8 Å². The van der Waals surface area contributed by atoms with Crippen LogP contribution in [0.5, 0.6) is 5.75 Å². The van der Waals surface area contributed by atoms with Crippen molar-refractivity contribution >= 4 is 33.2 Å². The predicted molar refractivity (Wildman–Crippen MR) is 122 cm³/mol. The summed E-state index contributed by atoms with van der Waals surface area (Å²) in [6.45, 7) is 4.93. The molecule has 7 heteroatoms. The minimum absolute atomic E-state index is 0.251. The number of anilines is 1. The summed E-state index contributed by atoms with van der Waals surface area (Å²) in [5, 5.41) is 29.1. The van der Waals surface area contributed by atoms with Crippen molar-refractivity contribution in [2.75, 3.05) is 32.1 Å². The molecule has 0 bridgehead atoms. The molecular formula is C23H32N4O3. The van der Waals surface area contributed by atoms with Crippen molar-refractivity contribution in [2.24, 2.45) is 0 Å². The summed E-state index contributed by atoms with van der Waals surface area (Å²) in [5.74, 6) is 0.716. The van der Waals surface area contributed by atoms with Crippen LogP contribution in [0.3, 0.4) is 0 Å². The van der Waals surface area contributed by atoms with E-state index in [0.29, 0.717) is 16.7 Å². The first-order valence-corrected chi connectivity index (χ1v) is 10.7. The Bertz CT molecular complexity index is 962. The van der Waals surface area contributed by atoms with Crippen LogP contribution < -0.4 is 20.6 Å². The van der Waals surface area contributed by atoms with Gasteiger partial charge < -0.3 is 20.6 Å². The van der Waals surface area contributed by atoms with Crippen LogP contribution in [0.1, 0.15) is 39.0 Å². The van der Waals surface area contributed by atoms with Crippen LogP contribution in [0.15, 0.2) is 36.4 Å². The summed E-state index contributed by atoms with van der Waals surface area (Å²) in [7, 11) is 1.62. The maximum absolute atomic E-state index is 11.9. The Morgan fingerprint density at radius 2 is 1.87 bits per heavy atom. The summed E-state index contributed by atoms with van der Waals surface area (Å²) in [4.78, 5) is 4.68. The van der Waals surface area contributed by atoms with Crippen molar-refractivity contribution in [2.45, 2.75) is 39.0 Å². The molecule has 0 spiro atoms. The van der Waals surface area contributed by atoms with Gasteiger partial charge in [0.15, 0.2) is 5.69 Å². The topological polar surface area (TPSA) is 93.9 Å². The van der Waals surface area contributed by atoms with E-state index in [2.05, 4.69) is 22.5 Å². The molecule has 1 atom stereocenters. The number of rotatable bonds is 12. The van der Waals surface area contributed by atoms with E-state index in [9.17, 15) is 10.4 Å². The molecule has 0 aliphatic rings. The predicted octanol–water partition coefficient (Wildman–Crippen LogP) is 3.77. The van der Waals surface area contributed by atoms with Gasteiger partial charge in [-0.2, -0.15) is 5.23 Å². The number of ether oxygens (including phenoxy) is 1. The molecule has 3 rings (SSSR count). The van der Waals surface area contributed by atoms with Crippen molar-refractivity contribution in [1.29, 1.82) is 0 Å². The quantitative estimate of drug-likeness (QED) is 0.206. The second-order valence-electron chi connectivity index (χ2n) is 7.47. The van der Waals surface area contributed by atoms with Gasteiger partial charge in [-0.25, -0.2) is 10.2 Å². The Labute approximate surface area is 177 Å². The minimum Gasteiger partial charge on any atom is -0.595 e. The van der Waals surface area contributed by atoms with Crippen LogP contribution in [-0.2, 0) is 0 Å². The van der Waals surface area contributed by atoms with E-state index in [-0.39, 0.29) is 5.69 Å². The molecule has 0 saturated heterocycles. The summed E-state index contributed by atoms with van der Waals surface area (Å²) in [6, 6.07) is 10.9. The summed E-state index contributed by atoms with van der Waals surface area (Å²) < 4.78 is 5.38. The van der Waals surface area contributed by atoms with E-state index in [4.69, 9.17) is 4.74 Å². The lowest BCUT2D eigenvalue weighted by molar-refractivity contribution is -0.990. The van der Waals surface area contributed by atoms with Gasteiger partial charge in [-0.05, 0) is 50.2 Å². The average molecular weight is 413 g/mol. The number of benzene rings is 2. The van der Waals surface area contributed by atoms with Crippen molar-refractivity contribution in [3.8, 4) is 5.75 Å². The van der Waals surface area contributed by atoms with Crippen LogP contribution in [0, 0.1) is 5.21 Å². The third-order valence-corrected chi connectivity index (χ3v) is 5.28. The molecular weight excluding hydrogens is 380 g/mol. The number of aromatic nitrogens is 1. The lowest BCUT2D eigenvalue weighted by Crippen LogP contribution is -2.99. The first kappa shape index (κ1) is 22.2. The largest absolute Gasteiger partial charge is 0.595 e. The number of hydrogen-bond donors (Lipinski definition) is 4. The maximum atomic E-state index is 11.9. The molecule has 7 nitrogen and oxygen atoms in total. The lowest BCUT2D eigenvalue weighted by atomic mass is 10.1. The number of nitrogens with zero attached hydrogens (tertiary/aromatic N) is 1. The summed E-state index contributed by atoms with van der Waals surface area (Å²) in [5.41, 5.74) is 2.53.